The summed E-state index contributed by atoms with van der Waals surface area (Å²) in [5.74, 6) is -2.18. The average molecular weight is 343 g/mol. The van der Waals surface area contributed by atoms with Crippen LogP contribution in [0.25, 0.3) is 0 Å². The second-order valence-electron chi connectivity index (χ2n) is 5.08. The minimum atomic E-state index is -0.832. The van der Waals surface area contributed by atoms with Gasteiger partial charge in [0, 0.05) is 12.7 Å². The highest BCUT2D eigenvalue weighted by atomic mass is 19.1. The number of nitrogens with zero attached hydrogens (tertiary/aromatic N) is 1. The van der Waals surface area contributed by atoms with Crippen LogP contribution >= 0.6 is 0 Å². The summed E-state index contributed by atoms with van der Waals surface area (Å²) < 4.78 is 27.0. The summed E-state index contributed by atoms with van der Waals surface area (Å²) in [5.41, 5.74) is 0.146. The average Bonchev–Trinajstić information content (AvgIpc) is 2.59. The first kappa shape index (κ1) is 17.9. The Labute approximate surface area is 143 Å². The lowest BCUT2D eigenvalue weighted by atomic mass is 10.1. The first-order valence-electron chi connectivity index (χ1n) is 7.38. The SMILES string of the molecule is N#C/C(=C/Nc1c(F)cccc1F)C(=O)NCCc1ccc(O)cc1. The van der Waals surface area contributed by atoms with Crippen molar-refractivity contribution in [2.24, 2.45) is 0 Å². The van der Waals surface area contributed by atoms with Crippen LogP contribution in [-0.2, 0) is 11.2 Å². The van der Waals surface area contributed by atoms with Gasteiger partial charge in [0.25, 0.3) is 5.91 Å². The molecule has 0 fully saturated rings. The van der Waals surface area contributed by atoms with E-state index in [9.17, 15) is 18.7 Å². The Morgan fingerprint density at radius 3 is 2.40 bits per heavy atom. The van der Waals surface area contributed by atoms with Crippen molar-refractivity contribution >= 4 is 11.6 Å². The van der Waals surface area contributed by atoms with E-state index >= 15 is 0 Å². The molecule has 0 aliphatic heterocycles. The number of para-hydroxylation sites is 1. The molecule has 0 saturated heterocycles. The van der Waals surface area contributed by atoms with E-state index in [4.69, 9.17) is 5.26 Å². The topological polar surface area (TPSA) is 85.2 Å². The number of benzene rings is 2. The van der Waals surface area contributed by atoms with Crippen LogP contribution in [0.4, 0.5) is 14.5 Å². The molecular weight excluding hydrogens is 328 g/mol. The number of hydrogen-bond donors (Lipinski definition) is 3. The van der Waals surface area contributed by atoms with Gasteiger partial charge in [-0.1, -0.05) is 18.2 Å². The lowest BCUT2D eigenvalue weighted by molar-refractivity contribution is -0.117. The van der Waals surface area contributed by atoms with Gasteiger partial charge >= 0.3 is 0 Å². The second-order valence-corrected chi connectivity index (χ2v) is 5.08. The standard InChI is InChI=1S/C18H15F2N3O2/c19-15-2-1-3-16(20)17(15)23-11-13(10-21)18(25)22-9-8-12-4-6-14(24)7-5-12/h1-7,11,23-24H,8-9H2,(H,22,25)/b13-11-. The summed E-state index contributed by atoms with van der Waals surface area (Å²) in [4.78, 5) is 11.9. The van der Waals surface area contributed by atoms with Crippen molar-refractivity contribution in [3.63, 3.8) is 0 Å². The molecule has 5 nitrogen and oxygen atoms in total. The molecule has 0 aliphatic rings. The zero-order chi connectivity index (χ0) is 18.2. The molecule has 0 spiro atoms. The fraction of sp³-hybridized carbons (Fsp3) is 0.111. The lowest BCUT2D eigenvalue weighted by Crippen LogP contribution is -2.27. The Hall–Kier alpha value is -3.40. The number of amides is 1. The molecule has 0 aromatic heterocycles. The smallest absolute Gasteiger partial charge is 0.263 e. The minimum Gasteiger partial charge on any atom is -0.508 e. The maximum absolute atomic E-state index is 13.5. The molecule has 0 unspecified atom stereocenters. The highest BCUT2D eigenvalue weighted by Crippen LogP contribution is 2.18. The van der Waals surface area contributed by atoms with Crippen molar-refractivity contribution in [1.82, 2.24) is 5.32 Å². The van der Waals surface area contributed by atoms with Crippen LogP contribution in [0.2, 0.25) is 0 Å². The minimum absolute atomic E-state index is 0.147. The predicted molar refractivity (Wildman–Crippen MR) is 88.5 cm³/mol. The quantitative estimate of drug-likeness (QED) is 0.556. The van der Waals surface area contributed by atoms with Crippen LogP contribution in [0, 0.1) is 23.0 Å². The Bertz CT molecular complexity index is 807. The van der Waals surface area contributed by atoms with E-state index in [0.29, 0.717) is 6.42 Å². The van der Waals surface area contributed by atoms with E-state index in [-0.39, 0.29) is 17.9 Å². The molecule has 0 atom stereocenters. The number of aromatic hydroxyl groups is 1. The van der Waals surface area contributed by atoms with Crippen molar-refractivity contribution in [3.05, 3.63) is 71.4 Å². The Morgan fingerprint density at radius 1 is 1.16 bits per heavy atom. The maximum Gasteiger partial charge on any atom is 0.263 e. The second kappa shape index (κ2) is 8.45. The summed E-state index contributed by atoms with van der Waals surface area (Å²) in [6.07, 6.45) is 1.46. The Kier molecular flexibility index (Phi) is 6.07. The number of hydrogen-bond acceptors (Lipinski definition) is 4. The molecule has 3 N–H and O–H groups in total. The number of carbonyl (C=O) groups is 1. The Morgan fingerprint density at radius 2 is 1.80 bits per heavy atom. The third kappa shape index (κ3) is 5.04. The van der Waals surface area contributed by atoms with Gasteiger partial charge in [0.1, 0.15) is 34.7 Å². The van der Waals surface area contributed by atoms with E-state index in [0.717, 1.165) is 23.9 Å². The van der Waals surface area contributed by atoms with Crippen LogP contribution in [0.5, 0.6) is 5.75 Å². The van der Waals surface area contributed by atoms with Gasteiger partial charge in [-0.2, -0.15) is 5.26 Å². The number of halogens is 2. The molecule has 2 aromatic carbocycles. The highest BCUT2D eigenvalue weighted by Gasteiger charge is 2.11. The molecule has 0 bridgehead atoms. The highest BCUT2D eigenvalue weighted by molar-refractivity contribution is 5.97. The predicted octanol–water partition coefficient (Wildman–Crippen LogP) is 2.85. The third-order valence-electron chi connectivity index (χ3n) is 3.32. The van der Waals surface area contributed by atoms with Gasteiger partial charge in [-0.25, -0.2) is 8.78 Å². The number of anilines is 1. The normalized spacial score (nSPS) is 10.8. The molecule has 0 radical (unpaired) electrons. The molecule has 2 rings (SSSR count). The van der Waals surface area contributed by atoms with Gasteiger partial charge in [0.05, 0.1) is 0 Å². The third-order valence-corrected chi connectivity index (χ3v) is 3.32. The van der Waals surface area contributed by atoms with Crippen LogP contribution in [-0.4, -0.2) is 17.6 Å². The largest absolute Gasteiger partial charge is 0.508 e. The van der Waals surface area contributed by atoms with Crippen LogP contribution < -0.4 is 10.6 Å². The maximum atomic E-state index is 13.5. The van der Waals surface area contributed by atoms with Gasteiger partial charge in [-0.05, 0) is 36.2 Å². The summed E-state index contributed by atoms with van der Waals surface area (Å²) in [7, 11) is 0. The van der Waals surface area contributed by atoms with Crippen molar-refractivity contribution in [1.29, 1.82) is 5.26 Å². The first-order valence-corrected chi connectivity index (χ1v) is 7.38. The number of nitrogens with one attached hydrogen (secondary N) is 2. The molecular formula is C18H15F2N3O2. The van der Waals surface area contributed by atoms with E-state index in [1.165, 1.54) is 18.2 Å². The molecule has 7 heteroatoms. The van der Waals surface area contributed by atoms with Gasteiger partial charge in [-0.15, -0.1) is 0 Å². The van der Waals surface area contributed by atoms with Crippen molar-refractivity contribution in [2.75, 3.05) is 11.9 Å². The zero-order valence-corrected chi connectivity index (χ0v) is 13.1. The molecule has 1 amide bonds. The fourth-order valence-electron chi connectivity index (χ4n) is 2.01. The summed E-state index contributed by atoms with van der Waals surface area (Å²) in [5, 5.41) is 23.1. The van der Waals surface area contributed by atoms with Gasteiger partial charge in [0.15, 0.2) is 0 Å². The van der Waals surface area contributed by atoms with Crippen LogP contribution in [0.1, 0.15) is 5.56 Å². The molecule has 2 aromatic rings. The van der Waals surface area contributed by atoms with Gasteiger partial charge in [-0.3, -0.25) is 4.79 Å². The summed E-state index contributed by atoms with van der Waals surface area (Å²) >= 11 is 0. The van der Waals surface area contributed by atoms with Gasteiger partial charge < -0.3 is 15.7 Å². The summed E-state index contributed by atoms with van der Waals surface area (Å²) in [6.45, 7) is 0.261. The molecule has 0 heterocycles. The molecule has 0 aliphatic carbocycles. The first-order chi connectivity index (χ1) is 12.0. The van der Waals surface area contributed by atoms with Crippen LogP contribution in [0.15, 0.2) is 54.2 Å². The number of carbonyl (C=O) groups excluding carboxylic acids is 1. The number of nitriles is 1. The number of phenolic OH excluding ortho intramolecular Hbond substituents is 1. The van der Waals surface area contributed by atoms with Gasteiger partial charge in [0.2, 0.25) is 0 Å². The summed E-state index contributed by atoms with van der Waals surface area (Å²) in [6, 6.07) is 11.5. The monoisotopic (exact) mass is 343 g/mol. The number of phenols is 1. The molecule has 0 saturated carbocycles. The van der Waals surface area contributed by atoms with Crippen molar-refractivity contribution in [2.45, 2.75) is 6.42 Å². The lowest BCUT2D eigenvalue weighted by Gasteiger charge is -2.07. The fourth-order valence-corrected chi connectivity index (χ4v) is 2.01. The molecule has 128 valence electrons. The van der Waals surface area contributed by atoms with E-state index < -0.39 is 23.2 Å². The molecule has 25 heavy (non-hydrogen) atoms. The van der Waals surface area contributed by atoms with Crippen molar-refractivity contribution < 1.29 is 18.7 Å². The van der Waals surface area contributed by atoms with E-state index in [1.54, 1.807) is 18.2 Å². The zero-order valence-electron chi connectivity index (χ0n) is 13.1. The van der Waals surface area contributed by atoms with Crippen LogP contribution in [0.3, 0.4) is 0 Å². The number of rotatable bonds is 6. The van der Waals surface area contributed by atoms with E-state index in [2.05, 4.69) is 10.6 Å². The Balaban J connectivity index is 1.94. The van der Waals surface area contributed by atoms with Crippen molar-refractivity contribution in [3.8, 4) is 11.8 Å². The van der Waals surface area contributed by atoms with E-state index in [1.807, 2.05) is 0 Å².